The summed E-state index contributed by atoms with van der Waals surface area (Å²) in [4.78, 5) is 8.41. The third-order valence-electron chi connectivity index (χ3n) is 24.3. The molecule has 11 nitrogen and oxygen atoms in total. The van der Waals surface area contributed by atoms with Gasteiger partial charge in [-0.3, -0.25) is 0 Å². The molecule has 0 radical (unpaired) electrons. The highest BCUT2D eigenvalue weighted by molar-refractivity contribution is 7.88. The van der Waals surface area contributed by atoms with Crippen LogP contribution in [-0.4, -0.2) is 32.2 Å². The van der Waals surface area contributed by atoms with E-state index >= 15 is 0 Å². The summed E-state index contributed by atoms with van der Waals surface area (Å²) in [5, 5.41) is 13.3. The van der Waals surface area contributed by atoms with E-state index in [0.29, 0.717) is 39.6 Å². The van der Waals surface area contributed by atoms with E-state index in [1.807, 2.05) is 161 Å². The second kappa shape index (κ2) is 33.2. The van der Waals surface area contributed by atoms with Crippen molar-refractivity contribution in [2.24, 2.45) is 0 Å². The molecule has 0 atom stereocenters. The maximum atomic E-state index is 14.0. The van der Waals surface area contributed by atoms with E-state index < -0.39 is 21.4 Å². The Balaban J connectivity index is 0.000000127. The fourth-order valence-electron chi connectivity index (χ4n) is 17.4. The maximum Gasteiger partial charge on any atom is 0.534 e. The van der Waals surface area contributed by atoms with Crippen LogP contribution in [0.1, 0.15) is 27.7 Å². The monoisotopic (exact) mass is 1740 g/mol. The van der Waals surface area contributed by atoms with Crippen LogP contribution in [0.15, 0.2) is 421 Å². The van der Waals surface area contributed by atoms with Gasteiger partial charge in [-0.05, 0) is 236 Å². The second-order valence-electron chi connectivity index (χ2n) is 32.8. The van der Waals surface area contributed by atoms with Gasteiger partial charge < -0.3 is 41.9 Å². The van der Waals surface area contributed by atoms with Gasteiger partial charge in [-0.1, -0.05) is 243 Å². The van der Waals surface area contributed by atoms with E-state index in [4.69, 9.17) is 22.3 Å². The van der Waals surface area contributed by atoms with Crippen LogP contribution in [0.25, 0.3) is 117 Å². The van der Waals surface area contributed by atoms with Gasteiger partial charge in [0.2, 0.25) is 0 Å². The van der Waals surface area contributed by atoms with Gasteiger partial charge in [0.25, 0.3) is 0 Å². The Morgan fingerprint density at radius 3 is 1.16 bits per heavy atom. The first kappa shape index (κ1) is 81.3. The molecule has 1 aliphatic heterocycles. The fraction of sp³-hybridized carbons (Fsp3) is 0.0631. The number of rotatable bonds is 16. The Hall–Kier alpha value is -14.8. The molecule has 1 aliphatic rings. The zero-order valence-electron chi connectivity index (χ0n) is 70.3. The van der Waals surface area contributed by atoms with E-state index in [9.17, 15) is 21.6 Å². The minimum atomic E-state index is -6.08. The predicted octanol–water partition coefficient (Wildman–Crippen LogP) is 32.0. The van der Waals surface area contributed by atoms with Crippen molar-refractivity contribution in [3.05, 3.63) is 413 Å². The quantitative estimate of drug-likeness (QED) is 0.0525. The summed E-state index contributed by atoms with van der Waals surface area (Å²) in [5.41, 5.74) is 9.43. The largest absolute Gasteiger partial charge is 0.534 e. The third-order valence-corrected chi connectivity index (χ3v) is 27.6. The molecule has 1 fully saturated rings. The number of anilines is 12. The number of alkyl halides is 3. The molecule has 0 aliphatic carbocycles. The van der Waals surface area contributed by atoms with E-state index in [-0.39, 0.29) is 24.0 Å². The normalized spacial score (nSPS) is 13.2. The summed E-state index contributed by atoms with van der Waals surface area (Å²) >= 11 is 3.68. The molecule has 0 N–H and O–H groups in total. The number of fused-ring (bicyclic) bond motifs is 14. The van der Waals surface area contributed by atoms with Crippen LogP contribution in [0.4, 0.5) is 81.4 Å². The third kappa shape index (κ3) is 15.3. The first-order valence-electron chi connectivity index (χ1n) is 42.5. The molecule has 0 spiro atoms. The van der Waals surface area contributed by atoms with Crippen molar-refractivity contribution in [1.29, 1.82) is 0 Å². The summed E-state index contributed by atoms with van der Waals surface area (Å²) in [5.74, 6) is -0.516. The summed E-state index contributed by atoms with van der Waals surface area (Å²) < 4.78 is 102. The van der Waals surface area contributed by atoms with Gasteiger partial charge in [0.15, 0.2) is 5.75 Å². The maximum absolute atomic E-state index is 14.0. The lowest BCUT2D eigenvalue weighted by molar-refractivity contribution is -0.0499. The first-order chi connectivity index (χ1) is 62.8. The van der Waals surface area contributed by atoms with Crippen molar-refractivity contribution < 1.29 is 43.9 Å². The molecule has 628 valence electrons. The number of halogens is 3. The van der Waals surface area contributed by atoms with Crippen LogP contribution in [0.3, 0.4) is 0 Å². The van der Waals surface area contributed by atoms with Crippen molar-refractivity contribution in [1.82, 2.24) is 0 Å². The molecule has 0 bridgehead atoms. The summed E-state index contributed by atoms with van der Waals surface area (Å²) in [6, 6.07) is 139. The van der Waals surface area contributed by atoms with Gasteiger partial charge in [0.05, 0.1) is 28.3 Å². The summed E-state index contributed by atoms with van der Waals surface area (Å²) in [6.45, 7) is 8.36. The standard InChI is InChI=1S/C52H34N2OS.C41H27F3N2O4S.C18H19BO2S/c1-3-16-38(17-4-1)53(41-29-30-49-45(34-41)43-20-9-11-24-48(43)55-49)47-23-13-22-42(37-27-31-51-46(33-37)44-21-10-12-25-50(44)56-51)52(47)54(39-18-5-2-6-19-39)40-28-26-35-14-7-8-15-36(35)32-40;42-41(43,44)51(47,48)50-39-21-11-19-36(40(39)46(31-16-5-2-6-17-31)32-23-22-28-12-7-8-13-29(28)26-32)45(30-14-3-1-4-15-30)33-24-25-38-35(27-33)34-18-9-10-20-37(34)49-38;1-17(2)18(3,4)21-19(20-17)12-9-10-16-14(11-12)13-7-5-6-8-15(13)22-16/h1-34H;1-27H;5-11H,1-4H3. The summed E-state index contributed by atoms with van der Waals surface area (Å²) in [6.07, 6.45) is 0. The van der Waals surface area contributed by atoms with Gasteiger partial charge in [-0.2, -0.15) is 21.6 Å². The molecule has 23 rings (SSSR count). The average Bonchev–Trinajstić information content (AvgIpc) is 1.24. The molecule has 0 saturated carbocycles. The lowest BCUT2D eigenvalue weighted by Gasteiger charge is -2.35. The van der Waals surface area contributed by atoms with Crippen molar-refractivity contribution in [3.8, 4) is 16.9 Å². The second-order valence-corrected chi connectivity index (χ2v) is 36.5. The molecule has 18 aromatic carbocycles. The zero-order valence-corrected chi connectivity index (χ0v) is 72.8. The number of thiophene rings is 2. The topological polar surface area (TPSA) is 101 Å². The average molecular weight is 1750 g/mol. The van der Waals surface area contributed by atoms with E-state index in [2.05, 4.69) is 274 Å². The van der Waals surface area contributed by atoms with Gasteiger partial charge in [-0.25, -0.2) is 0 Å². The van der Waals surface area contributed by atoms with Crippen LogP contribution in [0.2, 0.25) is 0 Å². The lowest BCUT2D eigenvalue weighted by atomic mass is 9.78. The Morgan fingerprint density at radius 1 is 0.302 bits per heavy atom. The van der Waals surface area contributed by atoms with Crippen LogP contribution >= 0.6 is 22.7 Å². The molecule has 0 unspecified atom stereocenters. The van der Waals surface area contributed by atoms with Crippen LogP contribution < -0.4 is 29.2 Å². The predicted molar refractivity (Wildman–Crippen MR) is 530 cm³/mol. The number of hydrogen-bond acceptors (Lipinski definition) is 13. The van der Waals surface area contributed by atoms with Gasteiger partial charge in [0, 0.05) is 108 Å². The Kier molecular flexibility index (Phi) is 20.9. The van der Waals surface area contributed by atoms with Gasteiger partial charge in [-0.15, -0.1) is 22.7 Å². The van der Waals surface area contributed by atoms with Crippen LogP contribution in [0, 0.1) is 0 Å². The van der Waals surface area contributed by atoms with Crippen molar-refractivity contribution >= 4 is 219 Å². The molecule has 129 heavy (non-hydrogen) atoms. The molecule has 1 saturated heterocycles. The highest BCUT2D eigenvalue weighted by Gasteiger charge is 2.52. The molecule has 0 amide bonds. The highest BCUT2D eigenvalue weighted by atomic mass is 32.2. The number of hydrogen-bond donors (Lipinski definition) is 0. The van der Waals surface area contributed by atoms with Crippen LogP contribution in [-0.2, 0) is 19.4 Å². The SMILES string of the molecule is CC1(C)OB(c2ccc3sc4ccccc4c3c2)OC1(C)C.O=S(=O)(Oc1cccc(N(c2ccccc2)c2ccc3oc4ccccc4c3c2)c1N(c1ccccc1)c1ccc2ccccc2c1)C(F)(F)F.c1ccc(N(c2ccc3oc4ccccc4c3c2)c2cccc(-c3ccc4sc5ccccc5c4c3)c2N(c2ccccc2)c2ccc3ccccc3c2)cc1. The molecule has 22 aromatic rings. The minimum absolute atomic E-state index is 0.0628. The van der Waals surface area contributed by atoms with Crippen molar-refractivity contribution in [3.63, 3.8) is 0 Å². The zero-order chi connectivity index (χ0) is 87.7. The molecular formula is C111H80BF3N4O7S3. The number of furan rings is 2. The smallest absolute Gasteiger partial charge is 0.456 e. The first-order valence-corrected chi connectivity index (χ1v) is 45.5. The van der Waals surface area contributed by atoms with E-state index in [0.717, 1.165) is 94.2 Å². The van der Waals surface area contributed by atoms with Crippen molar-refractivity contribution in [2.75, 3.05) is 19.6 Å². The van der Waals surface area contributed by atoms with Gasteiger partial charge in [0.1, 0.15) is 28.0 Å². The Bertz CT molecular complexity index is 8110. The molecule has 5 heterocycles. The summed E-state index contributed by atoms with van der Waals surface area (Å²) in [7, 11) is -6.38. The molecular weight excluding hydrogens is 1670 g/mol. The fourth-order valence-corrected chi connectivity index (χ4v) is 20.0. The Labute approximate surface area is 751 Å². The van der Waals surface area contributed by atoms with Crippen molar-refractivity contribution in [2.45, 2.75) is 44.4 Å². The van der Waals surface area contributed by atoms with Gasteiger partial charge >= 0.3 is 22.7 Å². The number of nitrogens with zero attached hydrogens (tertiary/aromatic N) is 4. The number of para-hydroxylation sites is 8. The van der Waals surface area contributed by atoms with E-state index in [1.54, 1.807) is 35.2 Å². The Morgan fingerprint density at radius 2 is 0.674 bits per heavy atom. The minimum Gasteiger partial charge on any atom is -0.456 e. The lowest BCUT2D eigenvalue weighted by Crippen LogP contribution is -2.41. The van der Waals surface area contributed by atoms with E-state index in [1.165, 1.54) is 63.2 Å². The highest BCUT2D eigenvalue weighted by Crippen LogP contribution is 2.55. The van der Waals surface area contributed by atoms with Crippen LogP contribution in [0.5, 0.6) is 5.75 Å². The molecule has 4 aromatic heterocycles. The molecule has 18 heteroatoms. The number of benzene rings is 18.